The van der Waals surface area contributed by atoms with E-state index < -0.39 is 59.8 Å². The van der Waals surface area contributed by atoms with Crippen molar-refractivity contribution in [1.29, 1.82) is 0 Å². The molecule has 0 aliphatic carbocycles. The van der Waals surface area contributed by atoms with Crippen LogP contribution in [0.5, 0.6) is 0 Å². The lowest BCUT2D eigenvalue weighted by Crippen LogP contribution is -2.34. The van der Waals surface area contributed by atoms with Gasteiger partial charge in [-0.25, -0.2) is 18.5 Å². The van der Waals surface area contributed by atoms with Gasteiger partial charge < -0.3 is 49.4 Å². The molecule has 0 spiro atoms. The Balaban J connectivity index is 1.91. The lowest BCUT2D eigenvalue weighted by molar-refractivity contribution is -0.0452. The largest absolute Gasteiger partial charge is 0.490 e. The number of aromatic nitrogens is 2. The van der Waals surface area contributed by atoms with E-state index in [2.05, 4.69) is 18.1 Å². The molecule has 0 amide bonds. The Hall–Kier alpha value is -1.15. The molecule has 0 saturated carbocycles. The van der Waals surface area contributed by atoms with Gasteiger partial charge in [-0.3, -0.25) is 18.9 Å². The highest BCUT2D eigenvalue weighted by molar-refractivity contribution is 7.66. The number of H-pyrrole nitrogens is 1. The summed E-state index contributed by atoms with van der Waals surface area (Å²) < 4.78 is 67.8. The Bertz CT molecular complexity index is 1180. The molecule has 1 saturated heterocycles. The van der Waals surface area contributed by atoms with Crippen LogP contribution in [0.15, 0.2) is 15.8 Å². The van der Waals surface area contributed by atoms with Crippen molar-refractivity contribution < 1.29 is 70.5 Å². The zero-order valence-corrected chi connectivity index (χ0v) is 22.9. The van der Waals surface area contributed by atoms with Crippen molar-refractivity contribution in [3.63, 3.8) is 0 Å². The maximum absolute atomic E-state index is 12.3. The smallest absolute Gasteiger partial charge is 0.390 e. The number of nitrogens with zero attached hydrogens (tertiary/aromatic N) is 1. The van der Waals surface area contributed by atoms with Crippen LogP contribution in [0, 0.1) is 0 Å². The summed E-state index contributed by atoms with van der Waals surface area (Å²) >= 11 is 0. The van der Waals surface area contributed by atoms with Gasteiger partial charge >= 0.3 is 29.2 Å². The molecule has 0 aromatic carbocycles. The van der Waals surface area contributed by atoms with Crippen molar-refractivity contribution in [2.45, 2.75) is 31.5 Å². The van der Waals surface area contributed by atoms with Gasteiger partial charge in [-0.05, 0) is 0 Å². The molecule has 1 aromatic heterocycles. The quantitative estimate of drug-likeness (QED) is 0.0684. The molecule has 1 aliphatic heterocycles. The average molecular weight is 629 g/mol. The van der Waals surface area contributed by atoms with Gasteiger partial charge in [-0.1, -0.05) is 0 Å². The number of aliphatic hydroxyl groups is 1. The van der Waals surface area contributed by atoms with E-state index >= 15 is 0 Å². The van der Waals surface area contributed by atoms with Gasteiger partial charge in [-0.15, -0.1) is 0 Å². The Kier molecular flexibility index (Phi) is 13.3. The third kappa shape index (κ3) is 12.5. The maximum Gasteiger partial charge on any atom is 0.490 e. The monoisotopic (exact) mass is 629 g/mol. The number of hydrogen-bond acceptors (Lipinski definition) is 14. The SMILES string of the molecule is NCCOCCOCCOCc1cn([C@H]2C[C@H](O)[C@@H](COP(=O)(O)OP(=O)(O)OP(=O)(O)O)O2)c(=O)[nH]c1=O. The lowest BCUT2D eigenvalue weighted by Gasteiger charge is -2.19. The first kappa shape index (κ1) is 34.1. The van der Waals surface area contributed by atoms with E-state index in [-0.39, 0.29) is 31.8 Å². The van der Waals surface area contributed by atoms with Crippen LogP contribution in [-0.4, -0.2) is 92.6 Å². The fourth-order valence-corrected chi connectivity index (χ4v) is 6.09. The number of nitrogens with one attached hydrogen (secondary N) is 1. The lowest BCUT2D eigenvalue weighted by atomic mass is 10.2. The zero-order chi connectivity index (χ0) is 29.3. The second-order valence-electron chi connectivity index (χ2n) is 7.71. The molecule has 226 valence electrons. The second kappa shape index (κ2) is 15.2. The van der Waals surface area contributed by atoms with Crippen LogP contribution in [0.4, 0.5) is 0 Å². The summed E-state index contributed by atoms with van der Waals surface area (Å²) in [5.41, 5.74) is 3.71. The van der Waals surface area contributed by atoms with Gasteiger partial charge in [0.25, 0.3) is 5.56 Å². The van der Waals surface area contributed by atoms with Gasteiger partial charge in [0.15, 0.2) is 0 Å². The molecular weight excluding hydrogens is 599 g/mol. The molecule has 8 N–H and O–H groups in total. The molecule has 1 aromatic rings. The molecule has 0 radical (unpaired) electrons. The van der Waals surface area contributed by atoms with Crippen LogP contribution >= 0.6 is 23.5 Å². The molecule has 39 heavy (non-hydrogen) atoms. The van der Waals surface area contributed by atoms with E-state index in [1.807, 2.05) is 0 Å². The van der Waals surface area contributed by atoms with Crippen LogP contribution in [0.25, 0.3) is 0 Å². The molecule has 5 atom stereocenters. The molecule has 1 fully saturated rings. The standard InChI is InChI=1S/C16H30N3O17P3/c17-1-2-30-3-4-31-5-6-32-9-11-8-19(16(22)18-15(11)21)14-7-12(20)13(34-14)10-33-38(26,27)36-39(28,29)35-37(23,24)25/h8,12-14,20H,1-7,9-10,17H2,(H,26,27)(H,28,29)(H,18,21,22)(H2,23,24,25)/t12-,13+,14+/m0/s1. The normalized spacial score (nSPS) is 23.0. The minimum atomic E-state index is -5.72. The first-order valence-electron chi connectivity index (χ1n) is 11.0. The van der Waals surface area contributed by atoms with Crippen LogP contribution in [0.1, 0.15) is 18.2 Å². The minimum Gasteiger partial charge on any atom is -0.390 e. The van der Waals surface area contributed by atoms with E-state index in [4.69, 9.17) is 34.5 Å². The van der Waals surface area contributed by atoms with Crippen molar-refractivity contribution in [3.05, 3.63) is 32.6 Å². The number of ether oxygens (including phenoxy) is 4. The predicted molar refractivity (Wildman–Crippen MR) is 126 cm³/mol. The number of hydrogen-bond donors (Lipinski definition) is 7. The van der Waals surface area contributed by atoms with Crippen LogP contribution in [-0.2, 0) is 52.4 Å². The van der Waals surface area contributed by atoms with E-state index in [9.17, 15) is 38.2 Å². The Morgan fingerprint density at radius 1 is 0.974 bits per heavy atom. The van der Waals surface area contributed by atoms with Crippen LogP contribution in [0.3, 0.4) is 0 Å². The number of phosphoric ester groups is 1. The Morgan fingerprint density at radius 3 is 2.21 bits per heavy atom. The number of aliphatic hydroxyl groups excluding tert-OH is 1. The zero-order valence-electron chi connectivity index (χ0n) is 20.2. The van der Waals surface area contributed by atoms with Gasteiger partial charge in [0.2, 0.25) is 0 Å². The summed E-state index contributed by atoms with van der Waals surface area (Å²) in [6.45, 7) is 0.689. The van der Waals surface area contributed by atoms with Crippen LogP contribution < -0.4 is 17.0 Å². The number of rotatable bonds is 18. The fraction of sp³-hybridized carbons (Fsp3) is 0.750. The minimum absolute atomic E-state index is 0.0377. The van der Waals surface area contributed by atoms with Gasteiger partial charge in [-0.2, -0.15) is 8.62 Å². The van der Waals surface area contributed by atoms with E-state index in [1.54, 1.807) is 0 Å². The molecule has 20 nitrogen and oxygen atoms in total. The molecule has 2 rings (SSSR count). The Morgan fingerprint density at radius 2 is 1.59 bits per heavy atom. The maximum atomic E-state index is 12.3. The number of aromatic amines is 1. The molecular formula is C16H30N3O17P3. The topological polar surface area (TPSA) is 298 Å². The van der Waals surface area contributed by atoms with Crippen molar-refractivity contribution in [3.8, 4) is 0 Å². The van der Waals surface area contributed by atoms with Crippen LogP contribution in [0.2, 0.25) is 0 Å². The second-order valence-corrected chi connectivity index (χ2v) is 12.1. The number of nitrogens with two attached hydrogens (primary N) is 1. The summed E-state index contributed by atoms with van der Waals surface area (Å²) in [5, 5.41) is 10.2. The highest BCUT2D eigenvalue weighted by atomic mass is 31.3. The molecule has 23 heteroatoms. The number of phosphoric acid groups is 3. The van der Waals surface area contributed by atoms with Crippen molar-refractivity contribution in [2.75, 3.05) is 46.2 Å². The Labute approximate surface area is 220 Å². The van der Waals surface area contributed by atoms with Gasteiger partial charge in [0.05, 0.1) is 57.9 Å². The van der Waals surface area contributed by atoms with Gasteiger partial charge in [0, 0.05) is 19.2 Å². The highest BCUT2D eigenvalue weighted by Crippen LogP contribution is 2.66. The van der Waals surface area contributed by atoms with Crippen molar-refractivity contribution in [2.24, 2.45) is 5.73 Å². The van der Waals surface area contributed by atoms with E-state index in [0.29, 0.717) is 26.4 Å². The molecule has 0 bridgehead atoms. The summed E-state index contributed by atoms with van der Waals surface area (Å²) in [6, 6.07) is 0. The predicted octanol–water partition coefficient (Wildman–Crippen LogP) is -1.96. The average Bonchev–Trinajstić information content (AvgIpc) is 3.15. The van der Waals surface area contributed by atoms with Crippen molar-refractivity contribution >= 4 is 23.5 Å². The first-order valence-corrected chi connectivity index (χ1v) is 15.5. The molecule has 1 aliphatic rings. The third-order valence-corrected chi connectivity index (χ3v) is 8.44. The fourth-order valence-electron chi connectivity index (χ4n) is 3.06. The molecule has 2 unspecified atom stereocenters. The first-order chi connectivity index (χ1) is 18.1. The van der Waals surface area contributed by atoms with Crippen molar-refractivity contribution in [1.82, 2.24) is 9.55 Å². The summed E-state index contributed by atoms with van der Waals surface area (Å²) in [6.07, 6.45) is -3.02. The van der Waals surface area contributed by atoms with E-state index in [1.165, 1.54) is 0 Å². The van der Waals surface area contributed by atoms with Gasteiger partial charge in [0.1, 0.15) is 12.3 Å². The summed E-state index contributed by atoms with van der Waals surface area (Å²) in [4.78, 5) is 62.3. The summed E-state index contributed by atoms with van der Waals surface area (Å²) in [5.74, 6) is 0. The van der Waals surface area contributed by atoms with E-state index in [0.717, 1.165) is 10.8 Å². The summed E-state index contributed by atoms with van der Waals surface area (Å²) in [7, 11) is -16.7. The highest BCUT2D eigenvalue weighted by Gasteiger charge is 2.43. The third-order valence-electron chi connectivity index (χ3n) is 4.64. The molecule has 2 heterocycles.